The number of carbonyl (C=O) groups is 2. The van der Waals surface area contributed by atoms with Gasteiger partial charge in [-0.3, -0.25) is 9.59 Å². The second kappa shape index (κ2) is 11.6. The van der Waals surface area contributed by atoms with Crippen LogP contribution in [0.15, 0.2) is 35.9 Å². The Hall–Kier alpha value is -1.74. The van der Waals surface area contributed by atoms with Crippen LogP contribution >= 0.6 is 0 Å². The van der Waals surface area contributed by atoms with Crippen LogP contribution in [0.2, 0.25) is 0 Å². The highest BCUT2D eigenvalue weighted by molar-refractivity contribution is 5.87. The molecule has 3 unspecified atom stereocenters. The fraction of sp³-hybridized carbons (Fsp3) is 0.630. The number of ether oxygens (including phenoxy) is 1. The first kappa shape index (κ1) is 22.9. The lowest BCUT2D eigenvalue weighted by Crippen LogP contribution is -2.26. The van der Waals surface area contributed by atoms with E-state index >= 15 is 0 Å². The molecule has 0 bridgehead atoms. The summed E-state index contributed by atoms with van der Waals surface area (Å²) >= 11 is 0. The van der Waals surface area contributed by atoms with Crippen LogP contribution in [0, 0.1) is 5.92 Å². The predicted molar refractivity (Wildman–Crippen MR) is 122 cm³/mol. The highest BCUT2D eigenvalue weighted by Gasteiger charge is 2.26. The molecule has 0 aromatic heterocycles. The molecule has 0 saturated carbocycles. The van der Waals surface area contributed by atoms with Crippen molar-refractivity contribution in [2.75, 3.05) is 6.61 Å². The molecule has 30 heavy (non-hydrogen) atoms. The minimum absolute atomic E-state index is 0.0237. The van der Waals surface area contributed by atoms with Crippen molar-refractivity contribution in [2.24, 2.45) is 5.92 Å². The molecule has 0 N–H and O–H groups in total. The first-order chi connectivity index (χ1) is 14.6. The first-order valence-corrected chi connectivity index (χ1v) is 12.0. The maximum absolute atomic E-state index is 12.8. The van der Waals surface area contributed by atoms with Crippen molar-refractivity contribution in [3.05, 3.63) is 47.0 Å². The van der Waals surface area contributed by atoms with Crippen molar-refractivity contribution >= 4 is 11.6 Å². The van der Waals surface area contributed by atoms with Gasteiger partial charge >= 0.3 is 0 Å². The third kappa shape index (κ3) is 6.38. The van der Waals surface area contributed by atoms with Gasteiger partial charge in [-0.25, -0.2) is 0 Å². The zero-order chi connectivity index (χ0) is 21.3. The van der Waals surface area contributed by atoms with Crippen LogP contribution in [0.4, 0.5) is 0 Å². The number of fused-ring (bicyclic) bond motifs is 1. The molecule has 1 aromatic carbocycles. The van der Waals surface area contributed by atoms with Crippen molar-refractivity contribution < 1.29 is 14.3 Å². The van der Waals surface area contributed by atoms with Crippen LogP contribution in [0.3, 0.4) is 0 Å². The second-order valence-corrected chi connectivity index (χ2v) is 9.14. The van der Waals surface area contributed by atoms with Gasteiger partial charge in [0.2, 0.25) is 0 Å². The Bertz CT molecular complexity index is 748. The van der Waals surface area contributed by atoms with Crippen LogP contribution in [0.5, 0.6) is 0 Å². The van der Waals surface area contributed by atoms with Crippen LogP contribution in [-0.4, -0.2) is 24.3 Å². The largest absolute Gasteiger partial charge is 0.371 e. The van der Waals surface area contributed by atoms with E-state index < -0.39 is 0 Å². The molecule has 2 aliphatic rings. The van der Waals surface area contributed by atoms with Crippen molar-refractivity contribution in [1.82, 2.24) is 0 Å². The number of carbonyl (C=O) groups excluding carboxylic acids is 2. The molecule has 2 aliphatic carbocycles. The fourth-order valence-corrected chi connectivity index (χ4v) is 5.07. The summed E-state index contributed by atoms with van der Waals surface area (Å²) in [6.07, 6.45) is 12.2. The molecule has 0 heterocycles. The molecule has 0 radical (unpaired) electrons. The van der Waals surface area contributed by atoms with Gasteiger partial charge in [0, 0.05) is 25.4 Å². The number of allylic oxidation sites excluding steroid dienone is 2. The minimum atomic E-state index is -0.299. The van der Waals surface area contributed by atoms with Gasteiger partial charge < -0.3 is 4.74 Å². The molecule has 164 valence electrons. The number of hydrogen-bond acceptors (Lipinski definition) is 3. The third-order valence-electron chi connectivity index (χ3n) is 6.92. The van der Waals surface area contributed by atoms with Crippen molar-refractivity contribution in [2.45, 2.75) is 96.5 Å². The highest BCUT2D eigenvalue weighted by atomic mass is 16.5. The number of Topliss-reactive ketones (excluding diaryl/α,β-unsaturated/α-hetero) is 2. The Morgan fingerprint density at radius 2 is 1.97 bits per heavy atom. The lowest BCUT2D eigenvalue weighted by Gasteiger charge is -2.24. The maximum atomic E-state index is 12.8. The molecule has 3 heteroatoms. The number of rotatable bonds is 11. The fourth-order valence-electron chi connectivity index (χ4n) is 5.07. The number of benzene rings is 1. The first-order valence-electron chi connectivity index (χ1n) is 12.0. The van der Waals surface area contributed by atoms with E-state index in [-0.39, 0.29) is 17.8 Å². The molecule has 0 saturated heterocycles. The molecule has 0 amide bonds. The van der Waals surface area contributed by atoms with Gasteiger partial charge in [-0.05, 0) is 88.7 Å². The van der Waals surface area contributed by atoms with Crippen LogP contribution in [-0.2, 0) is 20.7 Å². The number of hydrogen-bond donors (Lipinski definition) is 0. The van der Waals surface area contributed by atoms with Crippen LogP contribution in [0.1, 0.15) is 95.1 Å². The average Bonchev–Trinajstić information content (AvgIpc) is 2.77. The van der Waals surface area contributed by atoms with Gasteiger partial charge in [-0.15, -0.1) is 0 Å². The van der Waals surface area contributed by atoms with Gasteiger partial charge in [0.15, 0.2) is 5.78 Å². The Kier molecular flexibility index (Phi) is 8.87. The Balaban J connectivity index is 1.44. The summed E-state index contributed by atoms with van der Waals surface area (Å²) in [6, 6.07) is 8.34. The molecule has 3 rings (SSSR count). The smallest absolute Gasteiger partial charge is 0.161 e. The summed E-state index contributed by atoms with van der Waals surface area (Å²) in [4.78, 5) is 25.6. The van der Waals surface area contributed by atoms with E-state index in [1.807, 2.05) is 13.0 Å². The molecule has 3 nitrogen and oxygen atoms in total. The van der Waals surface area contributed by atoms with E-state index in [9.17, 15) is 9.59 Å². The Morgan fingerprint density at radius 3 is 2.73 bits per heavy atom. The van der Waals surface area contributed by atoms with E-state index in [4.69, 9.17) is 4.74 Å². The lowest BCUT2D eigenvalue weighted by molar-refractivity contribution is -0.131. The Morgan fingerprint density at radius 1 is 1.13 bits per heavy atom. The number of aryl methyl sites for hydroxylation is 1. The van der Waals surface area contributed by atoms with Crippen molar-refractivity contribution in [3.8, 4) is 0 Å². The van der Waals surface area contributed by atoms with Gasteiger partial charge in [0.05, 0.1) is 0 Å². The second-order valence-electron chi connectivity index (χ2n) is 9.14. The van der Waals surface area contributed by atoms with Gasteiger partial charge in [-0.2, -0.15) is 0 Å². The molecule has 0 spiro atoms. The highest BCUT2D eigenvalue weighted by Crippen LogP contribution is 2.33. The zero-order valence-corrected chi connectivity index (χ0v) is 18.8. The molecule has 0 fully saturated rings. The molecule has 1 aromatic rings. The summed E-state index contributed by atoms with van der Waals surface area (Å²) in [5.74, 6) is 1.18. The monoisotopic (exact) mass is 410 g/mol. The molecule has 0 aliphatic heterocycles. The average molecular weight is 411 g/mol. The maximum Gasteiger partial charge on any atom is 0.161 e. The zero-order valence-electron chi connectivity index (χ0n) is 18.8. The van der Waals surface area contributed by atoms with Gasteiger partial charge in [0.25, 0.3) is 0 Å². The van der Waals surface area contributed by atoms with E-state index in [0.29, 0.717) is 37.6 Å². The topological polar surface area (TPSA) is 43.4 Å². The van der Waals surface area contributed by atoms with E-state index in [1.165, 1.54) is 29.5 Å². The third-order valence-corrected chi connectivity index (χ3v) is 6.92. The van der Waals surface area contributed by atoms with Crippen molar-refractivity contribution in [1.29, 1.82) is 0 Å². The van der Waals surface area contributed by atoms with E-state index in [1.54, 1.807) is 0 Å². The molecular formula is C27H38O3. The molecule has 3 atom stereocenters. The standard InChI is InChI=1S/C27H38O3/c1-3-30-27(19-18-21-16-14-20(2)15-17-21)26(29)13-7-12-25(28)24-11-6-9-22-8-4-5-10-23(22)24/h4-5,8,10,14,21,24,27H,3,6-7,9,11-13,15-19H2,1-2H3. The number of ketones is 2. The van der Waals surface area contributed by atoms with Crippen molar-refractivity contribution in [3.63, 3.8) is 0 Å². The normalized spacial score (nSPS) is 22.1. The quantitative estimate of drug-likeness (QED) is 0.399. The summed E-state index contributed by atoms with van der Waals surface area (Å²) in [6.45, 7) is 4.73. The van der Waals surface area contributed by atoms with E-state index in [0.717, 1.165) is 38.5 Å². The van der Waals surface area contributed by atoms with Gasteiger partial charge in [-0.1, -0.05) is 35.9 Å². The van der Waals surface area contributed by atoms with Gasteiger partial charge in [0.1, 0.15) is 11.9 Å². The van der Waals surface area contributed by atoms with Crippen LogP contribution in [0.25, 0.3) is 0 Å². The molecular weight excluding hydrogens is 372 g/mol. The SMILES string of the molecule is CCOC(CCC1CC=C(C)CC1)C(=O)CCCC(=O)C1CCCc2ccccc21. The Labute approximate surface area is 182 Å². The summed E-state index contributed by atoms with van der Waals surface area (Å²) < 4.78 is 5.79. The van der Waals surface area contributed by atoms with Crippen LogP contribution < -0.4 is 0 Å². The summed E-state index contributed by atoms with van der Waals surface area (Å²) in [5, 5.41) is 0. The summed E-state index contributed by atoms with van der Waals surface area (Å²) in [7, 11) is 0. The summed E-state index contributed by atoms with van der Waals surface area (Å²) in [5.41, 5.74) is 4.03. The lowest BCUT2D eigenvalue weighted by atomic mass is 9.79. The van der Waals surface area contributed by atoms with E-state index in [2.05, 4.69) is 31.2 Å². The minimum Gasteiger partial charge on any atom is -0.371 e. The predicted octanol–water partition coefficient (Wildman–Crippen LogP) is 6.35.